The zero-order valence-electron chi connectivity index (χ0n) is 9.18. The molecule has 0 radical (unpaired) electrons. The Morgan fingerprint density at radius 1 is 1.12 bits per heavy atom. The highest BCUT2D eigenvalue weighted by molar-refractivity contribution is 7.99. The molecule has 1 aromatic heterocycles. The Bertz CT molecular complexity index is 466. The average molecular weight is 230 g/mol. The Labute approximate surface area is 99.9 Å². The van der Waals surface area contributed by atoms with Crippen LogP contribution < -0.4 is 5.73 Å². The van der Waals surface area contributed by atoms with E-state index in [0.29, 0.717) is 0 Å². The molecule has 82 valence electrons. The van der Waals surface area contributed by atoms with Gasteiger partial charge in [0.2, 0.25) is 0 Å². The van der Waals surface area contributed by atoms with E-state index in [9.17, 15) is 0 Å². The number of rotatable bonds is 3. The molecule has 2 aromatic rings. The summed E-state index contributed by atoms with van der Waals surface area (Å²) in [5.41, 5.74) is 7.57. The van der Waals surface area contributed by atoms with E-state index in [1.54, 1.807) is 11.8 Å². The summed E-state index contributed by atoms with van der Waals surface area (Å²) in [5.74, 6) is 0. The summed E-state index contributed by atoms with van der Waals surface area (Å²) in [6.07, 6.45) is 2.83. The number of hydrogen-bond donors (Lipinski definition) is 1. The molecule has 2 N–H and O–H groups in total. The van der Waals surface area contributed by atoms with Crippen molar-refractivity contribution >= 4 is 17.4 Å². The summed E-state index contributed by atoms with van der Waals surface area (Å²) in [5, 5.41) is 0. The number of nitrogen functional groups attached to an aromatic ring is 1. The number of anilines is 1. The monoisotopic (exact) mass is 230 g/mol. The second-order valence-corrected chi connectivity index (χ2v) is 4.65. The van der Waals surface area contributed by atoms with Crippen LogP contribution in [0, 0.1) is 0 Å². The summed E-state index contributed by atoms with van der Waals surface area (Å²) < 4.78 is 0. The number of nitrogens with two attached hydrogens (primary N) is 1. The van der Waals surface area contributed by atoms with E-state index in [-0.39, 0.29) is 0 Å². The molecule has 0 spiro atoms. The van der Waals surface area contributed by atoms with E-state index in [2.05, 4.69) is 18.0 Å². The second kappa shape index (κ2) is 5.03. The minimum Gasteiger partial charge on any atom is -0.399 e. The van der Waals surface area contributed by atoms with Gasteiger partial charge in [-0.2, -0.15) is 0 Å². The van der Waals surface area contributed by atoms with Gasteiger partial charge in [-0.1, -0.05) is 18.7 Å². The lowest BCUT2D eigenvalue weighted by Crippen LogP contribution is -1.86. The van der Waals surface area contributed by atoms with Gasteiger partial charge in [0, 0.05) is 27.4 Å². The van der Waals surface area contributed by atoms with E-state index in [0.717, 1.165) is 17.8 Å². The molecule has 0 aliphatic heterocycles. The molecular formula is C13H14N2S. The van der Waals surface area contributed by atoms with Crippen molar-refractivity contribution in [1.82, 2.24) is 4.98 Å². The van der Waals surface area contributed by atoms with Gasteiger partial charge in [-0.3, -0.25) is 4.98 Å². The lowest BCUT2D eigenvalue weighted by Gasteiger charge is -2.03. The van der Waals surface area contributed by atoms with E-state index >= 15 is 0 Å². The van der Waals surface area contributed by atoms with Crippen LogP contribution >= 0.6 is 11.8 Å². The van der Waals surface area contributed by atoms with E-state index in [1.165, 1.54) is 9.79 Å². The van der Waals surface area contributed by atoms with Gasteiger partial charge >= 0.3 is 0 Å². The number of aromatic nitrogens is 1. The number of benzene rings is 1. The molecule has 0 unspecified atom stereocenters. The van der Waals surface area contributed by atoms with Gasteiger partial charge in [0.25, 0.3) is 0 Å². The van der Waals surface area contributed by atoms with Gasteiger partial charge in [0.1, 0.15) is 0 Å². The third kappa shape index (κ3) is 2.76. The molecule has 1 heterocycles. The van der Waals surface area contributed by atoms with Crippen LogP contribution in [0.4, 0.5) is 5.69 Å². The summed E-state index contributed by atoms with van der Waals surface area (Å²) in [4.78, 5) is 6.70. The van der Waals surface area contributed by atoms with Crippen LogP contribution in [-0.2, 0) is 6.42 Å². The van der Waals surface area contributed by atoms with E-state index < -0.39 is 0 Å². The van der Waals surface area contributed by atoms with Gasteiger partial charge in [-0.15, -0.1) is 0 Å². The topological polar surface area (TPSA) is 38.9 Å². The third-order valence-electron chi connectivity index (χ3n) is 2.27. The van der Waals surface area contributed by atoms with Gasteiger partial charge in [0.15, 0.2) is 0 Å². The molecule has 3 heteroatoms. The average Bonchev–Trinajstić information content (AvgIpc) is 2.32. The molecule has 2 nitrogen and oxygen atoms in total. The summed E-state index contributed by atoms with van der Waals surface area (Å²) in [7, 11) is 0. The predicted molar refractivity (Wildman–Crippen MR) is 68.6 cm³/mol. The van der Waals surface area contributed by atoms with Crippen LogP contribution in [-0.4, -0.2) is 4.98 Å². The molecule has 1 aromatic carbocycles. The van der Waals surface area contributed by atoms with Crippen LogP contribution in [0.5, 0.6) is 0 Å². The summed E-state index contributed by atoms with van der Waals surface area (Å²) in [6.45, 7) is 2.11. The van der Waals surface area contributed by atoms with Crippen LogP contribution in [0.1, 0.15) is 12.6 Å². The Morgan fingerprint density at radius 3 is 2.56 bits per heavy atom. The predicted octanol–water partition coefficient (Wildman–Crippen LogP) is 3.38. The van der Waals surface area contributed by atoms with Crippen molar-refractivity contribution in [2.75, 3.05) is 5.73 Å². The normalized spacial score (nSPS) is 10.3. The zero-order valence-corrected chi connectivity index (χ0v) is 10.00. The van der Waals surface area contributed by atoms with Crippen molar-refractivity contribution in [3.8, 4) is 0 Å². The first-order chi connectivity index (χ1) is 7.78. The number of pyridine rings is 1. The number of aryl methyl sites for hydroxylation is 1. The van der Waals surface area contributed by atoms with Crippen molar-refractivity contribution in [3.63, 3.8) is 0 Å². The zero-order chi connectivity index (χ0) is 11.4. The summed E-state index contributed by atoms with van der Waals surface area (Å²) in [6, 6.07) is 12.1. The highest BCUT2D eigenvalue weighted by Gasteiger charge is 1.98. The molecule has 0 amide bonds. The quantitative estimate of drug-likeness (QED) is 0.822. The maximum absolute atomic E-state index is 5.65. The maximum Gasteiger partial charge on any atom is 0.0412 e. The maximum atomic E-state index is 5.65. The second-order valence-electron chi connectivity index (χ2n) is 3.51. The first kappa shape index (κ1) is 11.0. The Kier molecular flexibility index (Phi) is 3.47. The van der Waals surface area contributed by atoms with E-state index in [4.69, 9.17) is 5.73 Å². The Hall–Kier alpha value is -1.48. The molecule has 0 atom stereocenters. The lowest BCUT2D eigenvalue weighted by molar-refractivity contribution is 1.02. The molecule has 0 saturated heterocycles. The van der Waals surface area contributed by atoms with Crippen LogP contribution in [0.25, 0.3) is 0 Å². The minimum absolute atomic E-state index is 0.799. The van der Waals surface area contributed by atoms with E-state index in [1.807, 2.05) is 36.5 Å². The molecular weight excluding hydrogens is 216 g/mol. The molecule has 0 aliphatic carbocycles. The standard InChI is InChI=1S/C13H14N2S/c1-2-11-9-13(7-8-15-11)16-12-5-3-10(14)4-6-12/h3-9H,2,14H2,1H3. The van der Waals surface area contributed by atoms with Gasteiger partial charge in [-0.05, 0) is 42.8 Å². The molecule has 0 fully saturated rings. The first-order valence-corrected chi connectivity index (χ1v) is 6.08. The van der Waals surface area contributed by atoms with Crippen molar-refractivity contribution in [2.24, 2.45) is 0 Å². The van der Waals surface area contributed by atoms with Gasteiger partial charge < -0.3 is 5.73 Å². The molecule has 2 rings (SSSR count). The van der Waals surface area contributed by atoms with Gasteiger partial charge in [0.05, 0.1) is 0 Å². The first-order valence-electron chi connectivity index (χ1n) is 5.26. The highest BCUT2D eigenvalue weighted by Crippen LogP contribution is 2.28. The number of nitrogens with zero attached hydrogens (tertiary/aromatic N) is 1. The van der Waals surface area contributed by atoms with Crippen LogP contribution in [0.15, 0.2) is 52.4 Å². The Balaban J connectivity index is 2.16. The molecule has 0 saturated carbocycles. The largest absolute Gasteiger partial charge is 0.399 e. The van der Waals surface area contributed by atoms with Gasteiger partial charge in [-0.25, -0.2) is 0 Å². The fraction of sp³-hybridized carbons (Fsp3) is 0.154. The lowest BCUT2D eigenvalue weighted by atomic mass is 10.3. The number of hydrogen-bond acceptors (Lipinski definition) is 3. The fourth-order valence-electron chi connectivity index (χ4n) is 1.38. The van der Waals surface area contributed by atoms with Crippen LogP contribution in [0.3, 0.4) is 0 Å². The molecule has 0 bridgehead atoms. The molecule has 16 heavy (non-hydrogen) atoms. The minimum atomic E-state index is 0.799. The van der Waals surface area contributed by atoms with Crippen LogP contribution in [0.2, 0.25) is 0 Å². The van der Waals surface area contributed by atoms with Crippen molar-refractivity contribution in [3.05, 3.63) is 48.3 Å². The summed E-state index contributed by atoms with van der Waals surface area (Å²) >= 11 is 1.73. The van der Waals surface area contributed by atoms with Crippen molar-refractivity contribution in [2.45, 2.75) is 23.1 Å². The van der Waals surface area contributed by atoms with Crippen molar-refractivity contribution < 1.29 is 0 Å². The highest BCUT2D eigenvalue weighted by atomic mass is 32.2. The van der Waals surface area contributed by atoms with Crippen molar-refractivity contribution in [1.29, 1.82) is 0 Å². The Morgan fingerprint density at radius 2 is 1.88 bits per heavy atom. The SMILES string of the molecule is CCc1cc(Sc2ccc(N)cc2)ccn1. The third-order valence-corrected chi connectivity index (χ3v) is 3.26. The molecule has 0 aliphatic rings. The fourth-order valence-corrected chi connectivity index (χ4v) is 2.25. The smallest absolute Gasteiger partial charge is 0.0412 e.